The highest BCUT2D eigenvalue weighted by molar-refractivity contribution is 6.39. The molecule has 0 atom stereocenters. The van der Waals surface area contributed by atoms with Crippen LogP contribution in [0.15, 0.2) is 47.6 Å². The molecular weight excluding hydrogens is 413 g/mol. The minimum atomic E-state index is -4.71. The topological polar surface area (TPSA) is 99.7 Å². The van der Waals surface area contributed by atoms with E-state index in [0.29, 0.717) is 17.3 Å². The summed E-state index contributed by atoms with van der Waals surface area (Å²) in [6.45, 7) is 1.36. The molecule has 0 bridgehead atoms. The van der Waals surface area contributed by atoms with E-state index in [4.69, 9.17) is 11.6 Å². The summed E-state index contributed by atoms with van der Waals surface area (Å²) < 4.78 is 38.5. The molecule has 0 aliphatic heterocycles. The van der Waals surface area contributed by atoms with Crippen molar-refractivity contribution in [2.45, 2.75) is 13.1 Å². The first-order valence-electron chi connectivity index (χ1n) is 7.95. The van der Waals surface area contributed by atoms with E-state index in [9.17, 15) is 27.6 Å². The maximum atomic E-state index is 12.8. The predicted molar refractivity (Wildman–Crippen MR) is 102 cm³/mol. The molecule has 0 unspecified atom stereocenters. The van der Waals surface area contributed by atoms with E-state index in [1.54, 1.807) is 24.3 Å². The lowest BCUT2D eigenvalue weighted by atomic mass is 10.2. The lowest BCUT2D eigenvalue weighted by Gasteiger charge is -2.11. The number of hydrogen-bond acceptors (Lipinski definition) is 4. The van der Waals surface area contributed by atoms with Gasteiger partial charge in [-0.15, -0.1) is 0 Å². The van der Waals surface area contributed by atoms with Gasteiger partial charge in [-0.2, -0.15) is 18.3 Å². The fourth-order valence-corrected chi connectivity index (χ4v) is 2.30. The fraction of sp³-hybridized carbons (Fsp3) is 0.111. The predicted octanol–water partition coefficient (Wildman–Crippen LogP) is 3.41. The summed E-state index contributed by atoms with van der Waals surface area (Å²) in [6, 6.07) is 9.13. The van der Waals surface area contributed by atoms with Crippen LogP contribution in [-0.2, 0) is 20.6 Å². The molecule has 0 aliphatic rings. The van der Waals surface area contributed by atoms with Gasteiger partial charge in [0, 0.05) is 18.3 Å². The summed E-state index contributed by atoms with van der Waals surface area (Å²) in [5, 5.41) is 7.67. The van der Waals surface area contributed by atoms with Crippen LogP contribution in [0.25, 0.3) is 0 Å². The van der Waals surface area contributed by atoms with Crippen LogP contribution < -0.4 is 16.1 Å². The Morgan fingerprint density at radius 1 is 0.966 bits per heavy atom. The standard InChI is InChI=1S/C18H14ClF3N4O3/c1-10(27)24-12-4-2-11(3-5-12)9-23-26-17(29)16(28)25-13-6-7-15(19)14(8-13)18(20,21)22/h2-9H,1H3,(H,24,27)(H,25,28)(H,26,29)/b23-9-. The van der Waals surface area contributed by atoms with Crippen LogP contribution in [0.3, 0.4) is 0 Å². The van der Waals surface area contributed by atoms with E-state index in [1.807, 2.05) is 10.7 Å². The summed E-state index contributed by atoms with van der Waals surface area (Å²) in [7, 11) is 0. The molecule has 0 heterocycles. The molecule has 29 heavy (non-hydrogen) atoms. The first-order valence-corrected chi connectivity index (χ1v) is 8.33. The smallest absolute Gasteiger partial charge is 0.326 e. The van der Waals surface area contributed by atoms with Gasteiger partial charge in [0.25, 0.3) is 0 Å². The number of nitrogens with one attached hydrogen (secondary N) is 3. The zero-order valence-electron chi connectivity index (χ0n) is 14.8. The molecule has 0 aliphatic carbocycles. The lowest BCUT2D eigenvalue weighted by molar-refractivity contribution is -0.137. The van der Waals surface area contributed by atoms with Crippen LogP contribution in [0.1, 0.15) is 18.1 Å². The highest BCUT2D eigenvalue weighted by Gasteiger charge is 2.33. The summed E-state index contributed by atoms with van der Waals surface area (Å²) in [4.78, 5) is 34.5. The van der Waals surface area contributed by atoms with Gasteiger partial charge in [-0.25, -0.2) is 5.43 Å². The number of carbonyl (C=O) groups excluding carboxylic acids is 3. The average molecular weight is 427 g/mol. The largest absolute Gasteiger partial charge is 0.417 e. The number of hydrazone groups is 1. The number of hydrogen-bond donors (Lipinski definition) is 3. The maximum Gasteiger partial charge on any atom is 0.417 e. The first-order chi connectivity index (χ1) is 13.6. The van der Waals surface area contributed by atoms with Gasteiger partial charge in [0.2, 0.25) is 5.91 Å². The molecule has 3 N–H and O–H groups in total. The number of anilines is 2. The monoisotopic (exact) mass is 426 g/mol. The maximum absolute atomic E-state index is 12.8. The van der Waals surface area contributed by atoms with Gasteiger partial charge < -0.3 is 10.6 Å². The molecule has 0 radical (unpaired) electrons. The van der Waals surface area contributed by atoms with E-state index < -0.39 is 28.6 Å². The van der Waals surface area contributed by atoms with Crippen molar-refractivity contribution in [3.8, 4) is 0 Å². The second-order valence-electron chi connectivity index (χ2n) is 5.65. The van der Waals surface area contributed by atoms with Crippen molar-refractivity contribution >= 4 is 46.9 Å². The van der Waals surface area contributed by atoms with E-state index in [2.05, 4.69) is 10.4 Å². The molecule has 0 saturated heterocycles. The van der Waals surface area contributed by atoms with Gasteiger partial charge in [0.1, 0.15) is 0 Å². The van der Waals surface area contributed by atoms with Crippen molar-refractivity contribution < 1.29 is 27.6 Å². The van der Waals surface area contributed by atoms with Crippen molar-refractivity contribution in [3.05, 3.63) is 58.6 Å². The average Bonchev–Trinajstić information content (AvgIpc) is 2.63. The second-order valence-corrected chi connectivity index (χ2v) is 6.06. The van der Waals surface area contributed by atoms with Crippen LogP contribution in [0.4, 0.5) is 24.5 Å². The van der Waals surface area contributed by atoms with Crippen molar-refractivity contribution in [2.75, 3.05) is 10.6 Å². The molecule has 152 valence electrons. The molecule has 2 aromatic carbocycles. The van der Waals surface area contributed by atoms with Gasteiger partial charge in [-0.05, 0) is 35.9 Å². The first kappa shape index (κ1) is 21.9. The summed E-state index contributed by atoms with van der Waals surface area (Å²) in [5.74, 6) is -2.62. The van der Waals surface area contributed by atoms with Crippen LogP contribution in [-0.4, -0.2) is 23.9 Å². The highest BCUT2D eigenvalue weighted by Crippen LogP contribution is 2.36. The number of benzene rings is 2. The third-order valence-corrected chi connectivity index (χ3v) is 3.68. The van der Waals surface area contributed by atoms with E-state index in [0.717, 1.165) is 12.1 Å². The number of rotatable bonds is 4. The van der Waals surface area contributed by atoms with Crippen molar-refractivity contribution in [1.82, 2.24) is 5.43 Å². The number of carbonyl (C=O) groups is 3. The fourth-order valence-electron chi connectivity index (χ4n) is 2.08. The minimum Gasteiger partial charge on any atom is -0.326 e. The Labute approximate surface area is 167 Å². The summed E-state index contributed by atoms with van der Waals surface area (Å²) >= 11 is 5.49. The van der Waals surface area contributed by atoms with Crippen LogP contribution >= 0.6 is 11.6 Å². The minimum absolute atomic E-state index is 0.229. The normalized spacial score (nSPS) is 11.2. The number of alkyl halides is 3. The van der Waals surface area contributed by atoms with Crippen LogP contribution in [0.5, 0.6) is 0 Å². The number of halogens is 4. The third-order valence-electron chi connectivity index (χ3n) is 3.35. The van der Waals surface area contributed by atoms with Crippen molar-refractivity contribution in [1.29, 1.82) is 0 Å². The molecule has 11 heteroatoms. The SMILES string of the molecule is CC(=O)Nc1ccc(/C=N\NC(=O)C(=O)Nc2ccc(Cl)c(C(F)(F)F)c2)cc1. The Morgan fingerprint density at radius 2 is 1.59 bits per heavy atom. The second kappa shape index (κ2) is 9.20. The molecular formula is C18H14ClF3N4O3. The third kappa shape index (κ3) is 6.61. The molecule has 0 aromatic heterocycles. The summed E-state index contributed by atoms with van der Waals surface area (Å²) in [6.07, 6.45) is -3.47. The Kier molecular flexibility index (Phi) is 6.94. The summed E-state index contributed by atoms with van der Waals surface area (Å²) in [5.41, 5.74) is 1.69. The van der Waals surface area contributed by atoms with E-state index >= 15 is 0 Å². The molecule has 7 nitrogen and oxygen atoms in total. The van der Waals surface area contributed by atoms with Crippen LogP contribution in [0, 0.1) is 0 Å². The van der Waals surface area contributed by atoms with Gasteiger partial charge in [-0.1, -0.05) is 23.7 Å². The van der Waals surface area contributed by atoms with Crippen LogP contribution in [0.2, 0.25) is 5.02 Å². The molecule has 0 spiro atoms. The van der Waals surface area contributed by atoms with E-state index in [-0.39, 0.29) is 11.6 Å². The number of amides is 3. The Balaban J connectivity index is 1.95. The van der Waals surface area contributed by atoms with Gasteiger partial charge in [0.15, 0.2) is 0 Å². The molecule has 3 amide bonds. The van der Waals surface area contributed by atoms with Crippen molar-refractivity contribution in [3.63, 3.8) is 0 Å². The Hall–Kier alpha value is -3.40. The zero-order valence-corrected chi connectivity index (χ0v) is 15.6. The Morgan fingerprint density at radius 3 is 2.17 bits per heavy atom. The molecule has 0 saturated carbocycles. The highest BCUT2D eigenvalue weighted by atomic mass is 35.5. The van der Waals surface area contributed by atoms with Gasteiger partial charge in [-0.3, -0.25) is 14.4 Å². The lowest BCUT2D eigenvalue weighted by Crippen LogP contribution is -2.32. The Bertz CT molecular complexity index is 960. The molecule has 2 rings (SSSR count). The zero-order chi connectivity index (χ0) is 21.6. The number of nitrogens with zero attached hydrogens (tertiary/aromatic N) is 1. The van der Waals surface area contributed by atoms with Crippen molar-refractivity contribution in [2.24, 2.45) is 5.10 Å². The molecule has 2 aromatic rings. The van der Waals surface area contributed by atoms with E-state index in [1.165, 1.54) is 13.1 Å². The quantitative estimate of drug-likeness (QED) is 0.397. The molecule has 0 fully saturated rings. The van der Waals surface area contributed by atoms with Gasteiger partial charge >= 0.3 is 18.0 Å². The van der Waals surface area contributed by atoms with Gasteiger partial charge in [0.05, 0.1) is 16.8 Å².